The number of nitrogens with zero attached hydrogens (tertiary/aromatic N) is 1. The van der Waals surface area contributed by atoms with Crippen LogP contribution in [-0.2, 0) is 10.0 Å². The number of sulfonamides is 1. The van der Waals surface area contributed by atoms with Crippen LogP contribution >= 0.6 is 0 Å². The van der Waals surface area contributed by atoms with Crippen molar-refractivity contribution in [3.05, 3.63) is 59.2 Å². The molecule has 0 saturated heterocycles. The van der Waals surface area contributed by atoms with E-state index in [2.05, 4.69) is 4.72 Å². The van der Waals surface area contributed by atoms with Gasteiger partial charge in [0.1, 0.15) is 0 Å². The van der Waals surface area contributed by atoms with Gasteiger partial charge in [0.15, 0.2) is 0 Å². The molecule has 1 N–H and O–H groups in total. The lowest BCUT2D eigenvalue weighted by Crippen LogP contribution is -2.30. The summed E-state index contributed by atoms with van der Waals surface area (Å²) < 4.78 is 27.8. The highest BCUT2D eigenvalue weighted by Crippen LogP contribution is 2.22. The first-order valence-electron chi connectivity index (χ1n) is 8.43. The second kappa shape index (κ2) is 8.22. The maximum Gasteiger partial charge on any atom is 0.262 e. The molecule has 27 heavy (non-hydrogen) atoms. The predicted molar refractivity (Wildman–Crippen MR) is 100 cm³/mol. The highest BCUT2D eigenvalue weighted by Gasteiger charge is 2.19. The SMILES string of the molecule is CCN(CC)C(=O)c1cccc(NS(=O)(=O)c2cc(C(=O)[O-])ccc2C)c1. The Balaban J connectivity index is 2.37. The zero-order valence-electron chi connectivity index (χ0n) is 15.4. The van der Waals surface area contributed by atoms with E-state index in [0.717, 1.165) is 6.07 Å². The number of benzene rings is 2. The molecule has 0 radical (unpaired) electrons. The molecule has 0 aromatic heterocycles. The second-order valence-corrected chi connectivity index (χ2v) is 7.58. The molecule has 0 saturated carbocycles. The highest BCUT2D eigenvalue weighted by molar-refractivity contribution is 7.92. The largest absolute Gasteiger partial charge is 0.545 e. The quantitative estimate of drug-likeness (QED) is 0.775. The molecule has 0 atom stereocenters. The number of nitrogens with one attached hydrogen (secondary N) is 1. The van der Waals surface area contributed by atoms with Crippen molar-refractivity contribution < 1.29 is 23.1 Å². The third kappa shape index (κ3) is 4.65. The first-order chi connectivity index (χ1) is 12.7. The van der Waals surface area contributed by atoms with E-state index >= 15 is 0 Å². The minimum Gasteiger partial charge on any atom is -0.545 e. The summed E-state index contributed by atoms with van der Waals surface area (Å²) in [4.78, 5) is 24.9. The van der Waals surface area contributed by atoms with Crippen LogP contribution in [0, 0.1) is 6.92 Å². The van der Waals surface area contributed by atoms with Crippen molar-refractivity contribution in [3.8, 4) is 0 Å². The van der Waals surface area contributed by atoms with Crippen molar-refractivity contribution in [1.82, 2.24) is 4.90 Å². The van der Waals surface area contributed by atoms with Crippen molar-refractivity contribution in [2.45, 2.75) is 25.7 Å². The number of anilines is 1. The van der Waals surface area contributed by atoms with Crippen molar-refractivity contribution in [2.24, 2.45) is 0 Å². The van der Waals surface area contributed by atoms with E-state index in [1.165, 1.54) is 24.3 Å². The molecule has 0 heterocycles. The number of carboxylic acid groups (broad SMARTS) is 1. The number of carbonyl (C=O) groups excluding carboxylic acids is 2. The standard InChI is InChI=1S/C19H22N2O5S/c1-4-21(5-2)18(22)14-7-6-8-16(11-14)20-27(25,26)17-12-15(19(23)24)10-9-13(17)3/h6-12,20H,4-5H2,1-3H3,(H,23,24)/p-1. The average Bonchev–Trinajstić information content (AvgIpc) is 2.62. The van der Waals surface area contributed by atoms with Crippen molar-refractivity contribution in [1.29, 1.82) is 0 Å². The molecule has 2 rings (SSSR count). The van der Waals surface area contributed by atoms with E-state index in [4.69, 9.17) is 0 Å². The Morgan fingerprint density at radius 3 is 2.30 bits per heavy atom. The van der Waals surface area contributed by atoms with Gasteiger partial charge in [-0.2, -0.15) is 0 Å². The molecule has 0 aliphatic rings. The molecular weight excluding hydrogens is 368 g/mol. The van der Waals surface area contributed by atoms with Gasteiger partial charge in [0.2, 0.25) is 0 Å². The summed E-state index contributed by atoms with van der Waals surface area (Å²) in [5.74, 6) is -1.66. The number of carboxylic acids is 1. The van der Waals surface area contributed by atoms with Gasteiger partial charge >= 0.3 is 0 Å². The Morgan fingerprint density at radius 2 is 1.70 bits per heavy atom. The molecule has 2 aromatic carbocycles. The minimum atomic E-state index is -4.04. The third-order valence-corrected chi connectivity index (χ3v) is 5.65. The van der Waals surface area contributed by atoms with Crippen LogP contribution in [0.5, 0.6) is 0 Å². The van der Waals surface area contributed by atoms with E-state index in [9.17, 15) is 23.1 Å². The number of hydrogen-bond donors (Lipinski definition) is 1. The minimum absolute atomic E-state index is 0.162. The van der Waals surface area contributed by atoms with Gasteiger partial charge in [-0.25, -0.2) is 8.42 Å². The monoisotopic (exact) mass is 389 g/mol. The summed E-state index contributed by atoms with van der Waals surface area (Å²) in [5, 5.41) is 11.0. The van der Waals surface area contributed by atoms with Crippen molar-refractivity contribution in [3.63, 3.8) is 0 Å². The Morgan fingerprint density at radius 1 is 1.04 bits per heavy atom. The van der Waals surface area contributed by atoms with Crippen LogP contribution in [0.1, 0.15) is 40.1 Å². The van der Waals surface area contributed by atoms with Crippen LogP contribution in [0.4, 0.5) is 5.69 Å². The van der Waals surface area contributed by atoms with Crippen LogP contribution in [-0.4, -0.2) is 38.3 Å². The zero-order valence-corrected chi connectivity index (χ0v) is 16.2. The van der Waals surface area contributed by atoms with Crippen LogP contribution in [0.3, 0.4) is 0 Å². The zero-order chi connectivity index (χ0) is 20.2. The number of carbonyl (C=O) groups is 2. The third-order valence-electron chi connectivity index (χ3n) is 4.13. The van der Waals surface area contributed by atoms with E-state index in [1.54, 1.807) is 24.0 Å². The summed E-state index contributed by atoms with van der Waals surface area (Å²) >= 11 is 0. The highest BCUT2D eigenvalue weighted by atomic mass is 32.2. The molecule has 0 unspecified atom stereocenters. The lowest BCUT2D eigenvalue weighted by atomic mass is 10.1. The molecule has 0 aliphatic carbocycles. The normalized spacial score (nSPS) is 11.1. The van der Waals surface area contributed by atoms with Gasteiger partial charge < -0.3 is 14.8 Å². The topological polar surface area (TPSA) is 107 Å². The van der Waals surface area contributed by atoms with Crippen LogP contribution < -0.4 is 9.83 Å². The average molecular weight is 389 g/mol. The van der Waals surface area contributed by atoms with E-state index < -0.39 is 16.0 Å². The predicted octanol–water partition coefficient (Wildman–Crippen LogP) is 1.64. The van der Waals surface area contributed by atoms with E-state index in [1.807, 2.05) is 13.8 Å². The molecule has 0 spiro atoms. The molecular formula is C19H21N2O5S-. The van der Waals surface area contributed by atoms with Gasteiger partial charge in [-0.15, -0.1) is 0 Å². The molecule has 7 nitrogen and oxygen atoms in total. The number of amides is 1. The Labute approximate surface area is 158 Å². The van der Waals surface area contributed by atoms with E-state index in [-0.39, 0.29) is 22.1 Å². The first kappa shape index (κ1) is 20.4. The van der Waals surface area contributed by atoms with Gasteiger partial charge in [0, 0.05) is 24.3 Å². The molecule has 0 fully saturated rings. The summed E-state index contributed by atoms with van der Waals surface area (Å²) in [6.07, 6.45) is 0. The number of rotatable bonds is 7. The maximum atomic E-state index is 12.7. The number of aryl methyl sites for hydroxylation is 1. The van der Waals surface area contributed by atoms with Crippen LogP contribution in [0.25, 0.3) is 0 Å². The number of aromatic carboxylic acids is 1. The van der Waals surface area contributed by atoms with Crippen LogP contribution in [0.2, 0.25) is 0 Å². The summed E-state index contributed by atoms with van der Waals surface area (Å²) in [6, 6.07) is 9.91. The Hall–Kier alpha value is -2.87. The number of hydrogen-bond acceptors (Lipinski definition) is 5. The smallest absolute Gasteiger partial charge is 0.262 e. The fourth-order valence-electron chi connectivity index (χ4n) is 2.64. The van der Waals surface area contributed by atoms with Gasteiger partial charge in [-0.05, 0) is 56.2 Å². The first-order valence-corrected chi connectivity index (χ1v) is 9.92. The lowest BCUT2D eigenvalue weighted by Gasteiger charge is -2.19. The lowest BCUT2D eigenvalue weighted by molar-refractivity contribution is -0.255. The second-order valence-electron chi connectivity index (χ2n) is 5.93. The fourth-order valence-corrected chi connectivity index (χ4v) is 3.96. The summed E-state index contributed by atoms with van der Waals surface area (Å²) in [7, 11) is -4.04. The van der Waals surface area contributed by atoms with Gasteiger partial charge in [-0.1, -0.05) is 18.2 Å². The Bertz CT molecular complexity index is 966. The maximum absolute atomic E-state index is 12.7. The van der Waals surface area contributed by atoms with Crippen molar-refractivity contribution in [2.75, 3.05) is 17.8 Å². The molecule has 0 bridgehead atoms. The van der Waals surface area contributed by atoms with Gasteiger partial charge in [-0.3, -0.25) is 9.52 Å². The van der Waals surface area contributed by atoms with Crippen molar-refractivity contribution >= 4 is 27.6 Å². The molecule has 2 aromatic rings. The molecule has 1 amide bonds. The van der Waals surface area contributed by atoms with Gasteiger partial charge in [0.25, 0.3) is 15.9 Å². The summed E-state index contributed by atoms with van der Waals surface area (Å²) in [5.41, 5.74) is 0.736. The van der Waals surface area contributed by atoms with Crippen LogP contribution in [0.15, 0.2) is 47.4 Å². The van der Waals surface area contributed by atoms with E-state index in [0.29, 0.717) is 24.2 Å². The van der Waals surface area contributed by atoms with Gasteiger partial charge in [0.05, 0.1) is 10.9 Å². The molecule has 144 valence electrons. The summed E-state index contributed by atoms with van der Waals surface area (Å²) in [6.45, 7) is 6.37. The fraction of sp³-hybridized carbons (Fsp3) is 0.263. The Kier molecular flexibility index (Phi) is 6.22. The molecule has 8 heteroatoms. The molecule has 0 aliphatic heterocycles.